The first kappa shape index (κ1) is 26.4. The molecule has 222 valence electrons. The number of benzene rings is 1. The number of likely N-dealkylation sites (tertiary alicyclic amines) is 1. The van der Waals surface area contributed by atoms with Gasteiger partial charge < -0.3 is 29.1 Å². The van der Waals surface area contributed by atoms with E-state index in [0.29, 0.717) is 39.0 Å². The van der Waals surface area contributed by atoms with Gasteiger partial charge in [0.25, 0.3) is 5.91 Å². The van der Waals surface area contributed by atoms with E-state index >= 15 is 0 Å². The van der Waals surface area contributed by atoms with Crippen molar-refractivity contribution in [1.29, 1.82) is 0 Å². The van der Waals surface area contributed by atoms with Crippen LogP contribution in [0.4, 0.5) is 11.8 Å². The molecule has 10 heteroatoms. The van der Waals surface area contributed by atoms with Crippen LogP contribution in [0.3, 0.4) is 0 Å². The van der Waals surface area contributed by atoms with E-state index in [1.807, 2.05) is 40.3 Å². The molecule has 2 amide bonds. The summed E-state index contributed by atoms with van der Waals surface area (Å²) in [5.41, 5.74) is 1.58. The van der Waals surface area contributed by atoms with Gasteiger partial charge in [0.1, 0.15) is 5.82 Å². The second kappa shape index (κ2) is 10.5. The molecule has 5 fully saturated rings. The van der Waals surface area contributed by atoms with Crippen LogP contribution in [0.5, 0.6) is 0 Å². The maximum atomic E-state index is 14.0. The Kier molecular flexibility index (Phi) is 6.59. The lowest BCUT2D eigenvalue weighted by atomic mass is 9.82. The first-order chi connectivity index (χ1) is 20.6. The molecule has 10 nitrogen and oxygen atoms in total. The number of anilines is 2. The lowest BCUT2D eigenvalue weighted by Crippen LogP contribution is -2.51. The van der Waals surface area contributed by atoms with Gasteiger partial charge in [-0.05, 0) is 62.1 Å². The van der Waals surface area contributed by atoms with E-state index in [-0.39, 0.29) is 29.9 Å². The summed E-state index contributed by atoms with van der Waals surface area (Å²) in [5, 5.41) is 0. The normalized spacial score (nSPS) is 29.9. The van der Waals surface area contributed by atoms with Crippen molar-refractivity contribution in [3.05, 3.63) is 47.7 Å². The summed E-state index contributed by atoms with van der Waals surface area (Å²) in [4.78, 5) is 45.1. The van der Waals surface area contributed by atoms with Gasteiger partial charge in [0.15, 0.2) is 6.10 Å². The van der Waals surface area contributed by atoms with E-state index in [1.54, 1.807) is 0 Å². The van der Waals surface area contributed by atoms with E-state index in [1.165, 1.54) is 12.8 Å². The summed E-state index contributed by atoms with van der Waals surface area (Å²) in [6.45, 7) is 6.05. The number of carbonyl (C=O) groups excluding carboxylic acids is 2. The number of nitrogens with zero attached hydrogens (tertiary/aromatic N) is 6. The summed E-state index contributed by atoms with van der Waals surface area (Å²) in [6, 6.07) is 10.2. The van der Waals surface area contributed by atoms with Crippen molar-refractivity contribution in [3.63, 3.8) is 0 Å². The fourth-order valence-corrected chi connectivity index (χ4v) is 8.19. The molecule has 4 atom stereocenters. The summed E-state index contributed by atoms with van der Waals surface area (Å²) in [7, 11) is 0. The van der Waals surface area contributed by atoms with Gasteiger partial charge in [-0.2, -0.15) is 4.98 Å². The van der Waals surface area contributed by atoms with Crippen molar-refractivity contribution in [2.24, 2.45) is 5.92 Å². The van der Waals surface area contributed by atoms with Crippen molar-refractivity contribution >= 4 is 23.6 Å². The van der Waals surface area contributed by atoms with Crippen LogP contribution < -0.4 is 9.80 Å². The van der Waals surface area contributed by atoms with Crippen molar-refractivity contribution < 1.29 is 19.1 Å². The van der Waals surface area contributed by atoms with Crippen LogP contribution >= 0.6 is 0 Å². The zero-order chi connectivity index (χ0) is 28.3. The number of hydrogen-bond donors (Lipinski definition) is 0. The number of rotatable bonds is 4. The molecule has 7 heterocycles. The Bertz CT molecular complexity index is 1350. The lowest BCUT2D eigenvalue weighted by molar-refractivity contribution is -0.164. The molecule has 1 unspecified atom stereocenters. The van der Waals surface area contributed by atoms with E-state index < -0.39 is 11.7 Å². The van der Waals surface area contributed by atoms with Gasteiger partial charge in [0.05, 0.1) is 23.7 Å². The Morgan fingerprint density at radius 1 is 0.833 bits per heavy atom. The monoisotopic (exact) mass is 572 g/mol. The van der Waals surface area contributed by atoms with Gasteiger partial charge in [-0.15, -0.1) is 0 Å². The average Bonchev–Trinajstić information content (AvgIpc) is 3.87. The SMILES string of the molecule is O=C(C1OC2(CCN(C(=O)[C@@H]3C[C@H]4CC[C@@H]3O4)CC2)c2ccccc21)N1CCN(c2ccnc(N3CCCC3)n2)CC1. The molecule has 6 aliphatic heterocycles. The van der Waals surface area contributed by atoms with E-state index in [9.17, 15) is 9.59 Å². The fraction of sp³-hybridized carbons (Fsp3) is 0.625. The minimum absolute atomic E-state index is 0.0109. The third-order valence-electron chi connectivity index (χ3n) is 10.5. The van der Waals surface area contributed by atoms with Crippen molar-refractivity contribution in [3.8, 4) is 0 Å². The molecule has 1 spiro atoms. The van der Waals surface area contributed by atoms with Gasteiger partial charge in [-0.25, -0.2) is 4.98 Å². The first-order valence-corrected chi connectivity index (χ1v) is 15.9. The maximum absolute atomic E-state index is 14.0. The van der Waals surface area contributed by atoms with Crippen LogP contribution in [0.1, 0.15) is 62.2 Å². The minimum atomic E-state index is -0.602. The van der Waals surface area contributed by atoms with Gasteiger partial charge in [-0.3, -0.25) is 9.59 Å². The molecule has 6 aliphatic rings. The van der Waals surface area contributed by atoms with Crippen LogP contribution in [0.25, 0.3) is 0 Å². The Morgan fingerprint density at radius 3 is 2.33 bits per heavy atom. The summed E-state index contributed by atoms with van der Waals surface area (Å²) < 4.78 is 12.7. The largest absolute Gasteiger partial charge is 0.374 e. The smallest absolute Gasteiger partial charge is 0.256 e. The van der Waals surface area contributed by atoms with Crippen LogP contribution in [-0.4, -0.2) is 96.1 Å². The van der Waals surface area contributed by atoms with Crippen LogP contribution in [-0.2, 0) is 24.7 Å². The lowest BCUT2D eigenvalue weighted by Gasteiger charge is -2.41. The first-order valence-electron chi connectivity index (χ1n) is 15.9. The number of amides is 2. The Labute approximate surface area is 247 Å². The highest BCUT2D eigenvalue weighted by molar-refractivity contribution is 5.84. The summed E-state index contributed by atoms with van der Waals surface area (Å²) in [6.07, 6.45) is 8.38. The van der Waals surface area contributed by atoms with Gasteiger partial charge in [0, 0.05) is 58.6 Å². The number of fused-ring (bicyclic) bond motifs is 4. The molecule has 0 aliphatic carbocycles. The maximum Gasteiger partial charge on any atom is 0.256 e. The molecule has 1 aromatic heterocycles. The molecule has 0 saturated carbocycles. The highest BCUT2D eigenvalue weighted by Gasteiger charge is 2.52. The Balaban J connectivity index is 0.923. The third-order valence-corrected chi connectivity index (χ3v) is 10.5. The van der Waals surface area contributed by atoms with E-state index in [0.717, 1.165) is 68.3 Å². The van der Waals surface area contributed by atoms with Crippen molar-refractivity contribution in [1.82, 2.24) is 19.8 Å². The highest BCUT2D eigenvalue weighted by Crippen LogP contribution is 2.50. The van der Waals surface area contributed by atoms with Gasteiger partial charge in [-0.1, -0.05) is 24.3 Å². The zero-order valence-electron chi connectivity index (χ0n) is 24.2. The van der Waals surface area contributed by atoms with Crippen molar-refractivity contribution in [2.45, 2.75) is 68.9 Å². The molecule has 2 bridgehead atoms. The molecule has 0 radical (unpaired) electrons. The Morgan fingerprint density at radius 2 is 1.60 bits per heavy atom. The van der Waals surface area contributed by atoms with E-state index in [4.69, 9.17) is 14.5 Å². The highest BCUT2D eigenvalue weighted by atomic mass is 16.5. The summed E-state index contributed by atoms with van der Waals surface area (Å²) >= 11 is 0. The van der Waals surface area contributed by atoms with Crippen LogP contribution in [0, 0.1) is 5.92 Å². The number of piperazine rings is 1. The molecular formula is C32H40N6O4. The number of aromatic nitrogens is 2. The number of piperidine rings is 1. The third kappa shape index (κ3) is 4.45. The standard InChI is InChI=1S/C32H40N6O4/c39-29(24-21-22-7-8-26(24)41-22)36-15-10-32(11-16-36)25-6-2-1-5-23(25)28(42-32)30(40)37-19-17-35(18-20-37)27-9-12-33-31(34-27)38-13-3-4-14-38/h1-2,5-6,9,12,22,24,26,28H,3-4,7-8,10-11,13-21H2/t22-,24-,26+,28?/m1/s1. The minimum Gasteiger partial charge on any atom is -0.374 e. The summed E-state index contributed by atoms with van der Waals surface area (Å²) in [5.74, 6) is 2.03. The second-order valence-corrected chi connectivity index (χ2v) is 12.8. The predicted octanol–water partition coefficient (Wildman–Crippen LogP) is 2.88. The number of hydrogen-bond acceptors (Lipinski definition) is 8. The molecule has 1 aromatic carbocycles. The van der Waals surface area contributed by atoms with Crippen LogP contribution in [0.15, 0.2) is 36.5 Å². The van der Waals surface area contributed by atoms with Crippen molar-refractivity contribution in [2.75, 3.05) is 62.2 Å². The number of carbonyl (C=O) groups is 2. The van der Waals surface area contributed by atoms with E-state index in [2.05, 4.69) is 20.9 Å². The Hall–Kier alpha value is -3.24. The second-order valence-electron chi connectivity index (χ2n) is 12.8. The molecular weight excluding hydrogens is 532 g/mol. The quantitative estimate of drug-likeness (QED) is 0.553. The molecule has 8 rings (SSSR count). The zero-order valence-corrected chi connectivity index (χ0v) is 24.2. The average molecular weight is 573 g/mol. The fourth-order valence-electron chi connectivity index (χ4n) is 8.19. The molecule has 2 aromatic rings. The van der Waals surface area contributed by atoms with Crippen LogP contribution in [0.2, 0.25) is 0 Å². The molecule has 42 heavy (non-hydrogen) atoms. The number of ether oxygens (including phenoxy) is 2. The van der Waals surface area contributed by atoms with Gasteiger partial charge >= 0.3 is 0 Å². The predicted molar refractivity (Wildman–Crippen MR) is 156 cm³/mol. The molecule has 0 N–H and O–H groups in total. The molecule has 5 saturated heterocycles. The topological polar surface area (TPSA) is 91.3 Å². The van der Waals surface area contributed by atoms with Gasteiger partial charge in [0.2, 0.25) is 11.9 Å².